The van der Waals surface area contributed by atoms with Crippen molar-refractivity contribution in [3.05, 3.63) is 40.5 Å². The van der Waals surface area contributed by atoms with Crippen LogP contribution in [0.4, 0.5) is 11.6 Å². The van der Waals surface area contributed by atoms with Crippen molar-refractivity contribution in [1.29, 1.82) is 0 Å². The number of halogens is 1. The number of carbonyl (C=O) groups excluding carboxylic acids is 1. The topological polar surface area (TPSA) is 93.4 Å². The van der Waals surface area contributed by atoms with Gasteiger partial charge in [0.05, 0.1) is 13.3 Å². The molecule has 0 spiro atoms. The van der Waals surface area contributed by atoms with E-state index in [4.69, 9.17) is 22.1 Å². The number of rotatable bonds is 4. The van der Waals surface area contributed by atoms with Gasteiger partial charge in [-0.1, -0.05) is 17.7 Å². The smallest absolute Gasteiger partial charge is 0.254 e. The van der Waals surface area contributed by atoms with E-state index in [1.165, 1.54) is 13.3 Å². The minimum absolute atomic E-state index is 0.0763. The average molecular weight is 388 g/mol. The Labute approximate surface area is 162 Å². The maximum atomic E-state index is 12.8. The first-order chi connectivity index (χ1) is 13.0. The Morgan fingerprint density at radius 1 is 1.37 bits per heavy atom. The highest BCUT2D eigenvalue weighted by molar-refractivity contribution is 6.31. The Bertz CT molecular complexity index is 875. The largest absolute Gasteiger partial charge is 0.480 e. The van der Waals surface area contributed by atoms with Gasteiger partial charge in [0.15, 0.2) is 0 Å². The van der Waals surface area contributed by atoms with Crippen LogP contribution in [0, 0.1) is 0 Å². The number of anilines is 2. The van der Waals surface area contributed by atoms with Gasteiger partial charge < -0.3 is 20.7 Å². The molecule has 1 aromatic heterocycles. The van der Waals surface area contributed by atoms with Crippen LogP contribution in [0.1, 0.15) is 41.6 Å². The van der Waals surface area contributed by atoms with E-state index in [0.717, 1.165) is 36.8 Å². The highest BCUT2D eigenvalue weighted by atomic mass is 35.5. The first kappa shape index (κ1) is 17.9. The van der Waals surface area contributed by atoms with Gasteiger partial charge in [-0.3, -0.25) is 4.79 Å². The third-order valence-electron chi connectivity index (χ3n) is 5.29. The Morgan fingerprint density at radius 3 is 3.04 bits per heavy atom. The Hall–Kier alpha value is -2.54. The van der Waals surface area contributed by atoms with Crippen molar-refractivity contribution in [3.8, 4) is 5.88 Å². The van der Waals surface area contributed by atoms with Crippen LogP contribution in [0.2, 0.25) is 5.02 Å². The lowest BCUT2D eigenvalue weighted by molar-refractivity contribution is 0.0654. The summed E-state index contributed by atoms with van der Waals surface area (Å²) in [5.74, 6) is 0.919. The zero-order chi connectivity index (χ0) is 19.0. The number of ether oxygens (including phenoxy) is 1. The molecule has 2 atom stereocenters. The summed E-state index contributed by atoms with van der Waals surface area (Å²) < 4.78 is 5.15. The number of nitrogens with one attached hydrogen (secondary N) is 1. The Balaban J connectivity index is 1.45. The maximum absolute atomic E-state index is 12.8. The molecule has 8 heteroatoms. The van der Waals surface area contributed by atoms with Crippen LogP contribution in [0.25, 0.3) is 0 Å². The summed E-state index contributed by atoms with van der Waals surface area (Å²) in [6.45, 7) is 0.650. The van der Waals surface area contributed by atoms with E-state index in [0.29, 0.717) is 29.1 Å². The summed E-state index contributed by atoms with van der Waals surface area (Å²) >= 11 is 5.99. The van der Waals surface area contributed by atoms with Gasteiger partial charge in [0.25, 0.3) is 5.91 Å². The van der Waals surface area contributed by atoms with E-state index in [-0.39, 0.29) is 18.0 Å². The fraction of sp³-hybridized carbons (Fsp3) is 0.421. The predicted octanol–water partition coefficient (Wildman–Crippen LogP) is 3.10. The van der Waals surface area contributed by atoms with Crippen LogP contribution in [0.3, 0.4) is 0 Å². The summed E-state index contributed by atoms with van der Waals surface area (Å²) in [6.07, 6.45) is 5.42. The minimum atomic E-state index is 0.0763. The summed E-state index contributed by atoms with van der Waals surface area (Å²) in [5, 5.41) is 3.74. The molecule has 2 aromatic rings. The summed E-state index contributed by atoms with van der Waals surface area (Å²) in [6, 6.07) is 5.97. The fourth-order valence-corrected chi connectivity index (χ4v) is 4.13. The monoisotopic (exact) mass is 387 g/mol. The van der Waals surface area contributed by atoms with Gasteiger partial charge in [0.1, 0.15) is 5.02 Å². The highest BCUT2D eigenvalue weighted by Crippen LogP contribution is 2.33. The van der Waals surface area contributed by atoms with Gasteiger partial charge in [0.2, 0.25) is 11.8 Å². The third-order valence-corrected chi connectivity index (χ3v) is 5.55. The van der Waals surface area contributed by atoms with Crippen LogP contribution in [-0.2, 0) is 6.54 Å². The maximum Gasteiger partial charge on any atom is 0.254 e. The number of aromatic nitrogens is 2. The van der Waals surface area contributed by atoms with E-state index in [1.54, 1.807) is 6.07 Å². The minimum Gasteiger partial charge on any atom is -0.480 e. The number of benzene rings is 1. The number of amides is 1. The predicted molar refractivity (Wildman–Crippen MR) is 104 cm³/mol. The lowest BCUT2D eigenvalue weighted by atomic mass is 9.90. The molecule has 1 saturated carbocycles. The second kappa shape index (κ2) is 7.23. The van der Waals surface area contributed by atoms with Crippen LogP contribution in [0.5, 0.6) is 5.88 Å². The molecule has 2 aliphatic rings. The van der Waals surface area contributed by atoms with Crippen molar-refractivity contribution in [3.63, 3.8) is 0 Å². The molecule has 0 unspecified atom stereocenters. The van der Waals surface area contributed by atoms with Crippen LogP contribution in [-0.4, -0.2) is 40.0 Å². The van der Waals surface area contributed by atoms with Gasteiger partial charge in [-0.15, -0.1) is 0 Å². The number of fused-ring (bicyclic) bond motifs is 1. The van der Waals surface area contributed by atoms with Crippen molar-refractivity contribution < 1.29 is 9.53 Å². The third kappa shape index (κ3) is 3.51. The molecule has 142 valence electrons. The van der Waals surface area contributed by atoms with Crippen LogP contribution in [0.15, 0.2) is 24.4 Å². The second-order valence-corrected chi connectivity index (χ2v) is 7.47. The van der Waals surface area contributed by atoms with E-state index in [2.05, 4.69) is 15.3 Å². The molecular weight excluding hydrogens is 366 g/mol. The number of carbonyl (C=O) groups is 1. The number of hydrogen-bond acceptors (Lipinski definition) is 6. The van der Waals surface area contributed by atoms with Gasteiger partial charge in [-0.05, 0) is 43.4 Å². The molecule has 1 aliphatic heterocycles. The van der Waals surface area contributed by atoms with Gasteiger partial charge in [-0.2, -0.15) is 4.98 Å². The molecule has 1 aromatic carbocycles. The molecule has 1 aliphatic carbocycles. The first-order valence-electron chi connectivity index (χ1n) is 9.07. The summed E-state index contributed by atoms with van der Waals surface area (Å²) in [7, 11) is 1.53. The van der Waals surface area contributed by atoms with Crippen molar-refractivity contribution in [2.24, 2.45) is 0 Å². The van der Waals surface area contributed by atoms with Crippen molar-refractivity contribution in [2.45, 2.75) is 44.3 Å². The second-order valence-electron chi connectivity index (χ2n) is 7.06. The lowest BCUT2D eigenvalue weighted by Crippen LogP contribution is -2.42. The zero-order valence-corrected chi connectivity index (χ0v) is 15.9. The quantitative estimate of drug-likeness (QED) is 0.783. The SMILES string of the molecule is COc1nc(N[C@@H]2CCC[C@H](N3Cc4ccc(N)cc4C3=O)C2)ncc1Cl. The van der Waals surface area contributed by atoms with E-state index in [9.17, 15) is 4.79 Å². The van der Waals surface area contributed by atoms with Crippen LogP contribution < -0.4 is 15.8 Å². The van der Waals surface area contributed by atoms with Crippen LogP contribution >= 0.6 is 11.6 Å². The van der Waals surface area contributed by atoms with E-state index >= 15 is 0 Å². The highest BCUT2D eigenvalue weighted by Gasteiger charge is 2.35. The number of methoxy groups -OCH3 is 1. The number of nitrogen functional groups attached to an aromatic ring is 1. The number of nitrogens with two attached hydrogens (primary N) is 1. The Kier molecular flexibility index (Phi) is 4.78. The van der Waals surface area contributed by atoms with Gasteiger partial charge in [-0.25, -0.2) is 4.98 Å². The molecule has 0 radical (unpaired) electrons. The standard InChI is InChI=1S/C19H22ClN5O2/c1-27-17-16(20)9-22-19(24-17)23-13-3-2-4-14(8-13)25-10-11-5-6-12(21)7-15(11)18(25)26/h5-7,9,13-14H,2-4,8,10,21H2,1H3,(H,22,23,24)/t13-,14+/m1/s1. The number of hydrogen-bond donors (Lipinski definition) is 2. The molecule has 1 fully saturated rings. The van der Waals surface area contributed by atoms with E-state index in [1.807, 2.05) is 17.0 Å². The molecule has 7 nitrogen and oxygen atoms in total. The van der Waals surface area contributed by atoms with Crippen molar-refractivity contribution in [2.75, 3.05) is 18.2 Å². The molecule has 2 heterocycles. The lowest BCUT2D eigenvalue weighted by Gasteiger charge is -2.35. The fourth-order valence-electron chi connectivity index (χ4n) is 3.96. The molecule has 4 rings (SSSR count). The Morgan fingerprint density at radius 2 is 2.22 bits per heavy atom. The molecule has 1 amide bonds. The molecule has 3 N–H and O–H groups in total. The molecule has 27 heavy (non-hydrogen) atoms. The summed E-state index contributed by atoms with van der Waals surface area (Å²) in [4.78, 5) is 23.3. The van der Waals surface area contributed by atoms with Crippen molar-refractivity contribution in [1.82, 2.24) is 14.9 Å². The van der Waals surface area contributed by atoms with Crippen molar-refractivity contribution >= 4 is 29.1 Å². The molecular formula is C19H22ClN5O2. The normalized spacial score (nSPS) is 21.9. The zero-order valence-electron chi connectivity index (χ0n) is 15.1. The number of nitrogens with zero attached hydrogens (tertiary/aromatic N) is 3. The van der Waals surface area contributed by atoms with Gasteiger partial charge >= 0.3 is 0 Å². The van der Waals surface area contributed by atoms with E-state index < -0.39 is 0 Å². The molecule has 0 bridgehead atoms. The molecule has 0 saturated heterocycles. The first-order valence-corrected chi connectivity index (χ1v) is 9.45. The average Bonchev–Trinajstić information content (AvgIpc) is 3.00. The van der Waals surface area contributed by atoms with Gasteiger partial charge in [0, 0.05) is 29.9 Å². The summed E-state index contributed by atoms with van der Waals surface area (Å²) in [5.41, 5.74) is 8.25.